The van der Waals surface area contributed by atoms with Crippen LogP contribution in [0.3, 0.4) is 0 Å². The van der Waals surface area contributed by atoms with Crippen molar-refractivity contribution in [2.24, 2.45) is 0 Å². The number of carbonyl (C=O) groups is 2. The second-order valence-corrected chi connectivity index (χ2v) is 9.66. The predicted octanol–water partition coefficient (Wildman–Crippen LogP) is 3.10. The number of benzene rings is 2. The predicted molar refractivity (Wildman–Crippen MR) is 147 cm³/mol. The zero-order valence-corrected chi connectivity index (χ0v) is 21.9. The van der Waals surface area contributed by atoms with E-state index in [0.717, 1.165) is 30.6 Å². The number of thioether (sulfide) groups is 1. The standard InChI is InChI=1S/C27H31N5O4S/c1-4-12-32-26(35)22-11-6-19(25(34)31-15-13-30(3)14-16-31)17-23(22)29-27(32)37-18-24(33)28-20-7-9-21(10-8-20)36-5-2/h4,6-11,17H,1,5,12-16,18H2,2-3H3,(H,28,33). The number of allylic oxidation sites excluding steroid dienone is 1. The number of nitrogens with one attached hydrogen (secondary N) is 1. The molecule has 0 aliphatic carbocycles. The molecule has 9 nitrogen and oxygen atoms in total. The van der Waals surface area contributed by atoms with Gasteiger partial charge < -0.3 is 19.9 Å². The van der Waals surface area contributed by atoms with Crippen molar-refractivity contribution in [3.63, 3.8) is 0 Å². The third-order valence-electron chi connectivity index (χ3n) is 6.05. The fourth-order valence-corrected chi connectivity index (χ4v) is 4.86. The molecule has 0 atom stereocenters. The highest BCUT2D eigenvalue weighted by molar-refractivity contribution is 7.99. The average Bonchev–Trinajstić information content (AvgIpc) is 2.90. The van der Waals surface area contributed by atoms with Crippen molar-refractivity contribution in [3.8, 4) is 5.75 Å². The Hall–Kier alpha value is -3.63. The molecular weight excluding hydrogens is 490 g/mol. The first-order valence-corrected chi connectivity index (χ1v) is 13.2. The van der Waals surface area contributed by atoms with Gasteiger partial charge in [-0.05, 0) is 56.4 Å². The van der Waals surface area contributed by atoms with E-state index in [1.807, 2.05) is 18.9 Å². The molecule has 1 aliphatic heterocycles. The molecule has 0 radical (unpaired) electrons. The number of hydrogen-bond acceptors (Lipinski definition) is 7. The highest BCUT2D eigenvalue weighted by Gasteiger charge is 2.21. The first kappa shape index (κ1) is 26.4. The number of likely N-dealkylation sites (N-methyl/N-ethyl adjacent to an activating group) is 1. The van der Waals surface area contributed by atoms with E-state index in [-0.39, 0.29) is 29.7 Å². The Morgan fingerprint density at radius 1 is 1.14 bits per heavy atom. The van der Waals surface area contributed by atoms with Gasteiger partial charge in [0.2, 0.25) is 5.91 Å². The third-order valence-corrected chi connectivity index (χ3v) is 7.03. The minimum absolute atomic E-state index is 0.0578. The minimum Gasteiger partial charge on any atom is -0.494 e. The summed E-state index contributed by atoms with van der Waals surface area (Å²) in [6, 6.07) is 12.1. The van der Waals surface area contributed by atoms with Crippen LogP contribution in [0.2, 0.25) is 0 Å². The van der Waals surface area contributed by atoms with E-state index in [1.165, 1.54) is 4.57 Å². The van der Waals surface area contributed by atoms with Crippen LogP contribution >= 0.6 is 11.8 Å². The Balaban J connectivity index is 1.53. The monoisotopic (exact) mass is 521 g/mol. The zero-order chi connectivity index (χ0) is 26.4. The van der Waals surface area contributed by atoms with Crippen LogP contribution < -0.4 is 15.6 Å². The molecule has 37 heavy (non-hydrogen) atoms. The van der Waals surface area contributed by atoms with Gasteiger partial charge in [0.05, 0.1) is 23.3 Å². The molecule has 1 fully saturated rings. The summed E-state index contributed by atoms with van der Waals surface area (Å²) in [5, 5.41) is 3.65. The molecule has 2 aromatic carbocycles. The van der Waals surface area contributed by atoms with Gasteiger partial charge >= 0.3 is 0 Å². The van der Waals surface area contributed by atoms with E-state index in [1.54, 1.807) is 48.5 Å². The maximum Gasteiger partial charge on any atom is 0.262 e. The summed E-state index contributed by atoms with van der Waals surface area (Å²) in [6.45, 7) is 9.44. The van der Waals surface area contributed by atoms with Gasteiger partial charge in [-0.25, -0.2) is 4.98 Å². The number of fused-ring (bicyclic) bond motifs is 1. The summed E-state index contributed by atoms with van der Waals surface area (Å²) in [5.41, 5.74) is 1.34. The van der Waals surface area contributed by atoms with E-state index in [9.17, 15) is 14.4 Å². The molecule has 10 heteroatoms. The number of aromatic nitrogens is 2. The smallest absolute Gasteiger partial charge is 0.262 e. The largest absolute Gasteiger partial charge is 0.494 e. The second kappa shape index (κ2) is 12.1. The van der Waals surface area contributed by atoms with Crippen LogP contribution in [0.4, 0.5) is 5.69 Å². The molecule has 194 valence electrons. The van der Waals surface area contributed by atoms with Crippen LogP contribution in [-0.4, -0.2) is 76.8 Å². The fraction of sp³-hybridized carbons (Fsp3) is 0.333. The molecule has 4 rings (SSSR count). The number of ether oxygens (including phenoxy) is 1. The van der Waals surface area contributed by atoms with Crippen molar-refractivity contribution in [2.75, 3.05) is 50.9 Å². The van der Waals surface area contributed by atoms with E-state index >= 15 is 0 Å². The number of nitrogens with zero attached hydrogens (tertiary/aromatic N) is 4. The van der Waals surface area contributed by atoms with Crippen LogP contribution in [0, 0.1) is 0 Å². The summed E-state index contributed by atoms with van der Waals surface area (Å²) in [5.74, 6) is 0.486. The number of carbonyl (C=O) groups excluding carboxylic acids is 2. The zero-order valence-electron chi connectivity index (χ0n) is 21.1. The van der Waals surface area contributed by atoms with Gasteiger partial charge in [0.15, 0.2) is 5.16 Å². The topological polar surface area (TPSA) is 96.8 Å². The van der Waals surface area contributed by atoms with E-state index in [2.05, 4.69) is 21.8 Å². The number of amides is 2. The van der Waals surface area contributed by atoms with Gasteiger partial charge in [-0.15, -0.1) is 6.58 Å². The third kappa shape index (κ3) is 6.39. The molecule has 2 heterocycles. The SMILES string of the molecule is C=CCn1c(SCC(=O)Nc2ccc(OCC)cc2)nc2cc(C(=O)N3CCN(C)CC3)ccc2c1=O. The molecule has 0 spiro atoms. The number of anilines is 1. The summed E-state index contributed by atoms with van der Waals surface area (Å²) in [6.07, 6.45) is 1.62. The maximum atomic E-state index is 13.2. The van der Waals surface area contributed by atoms with Crippen molar-refractivity contribution in [1.29, 1.82) is 0 Å². The molecule has 0 bridgehead atoms. The highest BCUT2D eigenvalue weighted by Crippen LogP contribution is 2.21. The molecule has 1 N–H and O–H groups in total. The summed E-state index contributed by atoms with van der Waals surface area (Å²) in [4.78, 5) is 47.6. The Kier molecular flexibility index (Phi) is 8.62. The van der Waals surface area contributed by atoms with Gasteiger partial charge in [0, 0.05) is 44.0 Å². The van der Waals surface area contributed by atoms with Crippen LogP contribution in [0.1, 0.15) is 17.3 Å². The van der Waals surface area contributed by atoms with Crippen LogP contribution in [0.5, 0.6) is 5.75 Å². The van der Waals surface area contributed by atoms with E-state index in [0.29, 0.717) is 47.0 Å². The summed E-state index contributed by atoms with van der Waals surface area (Å²) >= 11 is 1.16. The number of hydrogen-bond donors (Lipinski definition) is 1. The van der Waals surface area contributed by atoms with Gasteiger partial charge in [-0.1, -0.05) is 17.8 Å². The maximum absolute atomic E-state index is 13.2. The second-order valence-electron chi connectivity index (χ2n) is 8.72. The molecule has 1 aliphatic rings. The van der Waals surface area contributed by atoms with Gasteiger partial charge in [0.1, 0.15) is 5.75 Å². The molecule has 2 amide bonds. The fourth-order valence-electron chi connectivity index (χ4n) is 4.05. The lowest BCUT2D eigenvalue weighted by Crippen LogP contribution is -2.47. The molecule has 3 aromatic rings. The molecule has 1 saturated heterocycles. The Morgan fingerprint density at radius 2 is 1.86 bits per heavy atom. The van der Waals surface area contributed by atoms with Crippen LogP contribution in [0.15, 0.2) is 65.1 Å². The lowest BCUT2D eigenvalue weighted by atomic mass is 10.1. The molecule has 0 saturated carbocycles. The Morgan fingerprint density at radius 3 is 2.54 bits per heavy atom. The molecule has 1 aromatic heterocycles. The quantitative estimate of drug-likeness (QED) is 0.263. The van der Waals surface area contributed by atoms with Crippen molar-refractivity contribution in [3.05, 3.63) is 71.0 Å². The highest BCUT2D eigenvalue weighted by atomic mass is 32.2. The van der Waals surface area contributed by atoms with Crippen molar-refractivity contribution in [2.45, 2.75) is 18.6 Å². The average molecular weight is 522 g/mol. The first-order chi connectivity index (χ1) is 17.9. The number of rotatable bonds is 9. The lowest BCUT2D eigenvalue weighted by molar-refractivity contribution is -0.113. The Labute approximate surface area is 220 Å². The van der Waals surface area contributed by atoms with E-state index < -0.39 is 0 Å². The Bertz CT molecular complexity index is 1350. The van der Waals surface area contributed by atoms with Crippen molar-refractivity contribution < 1.29 is 14.3 Å². The summed E-state index contributed by atoms with van der Waals surface area (Å²) < 4.78 is 6.92. The molecular formula is C27H31N5O4S. The summed E-state index contributed by atoms with van der Waals surface area (Å²) in [7, 11) is 2.04. The molecule has 0 unspecified atom stereocenters. The van der Waals surface area contributed by atoms with Gasteiger partial charge in [-0.2, -0.15) is 0 Å². The van der Waals surface area contributed by atoms with Crippen molar-refractivity contribution >= 4 is 40.2 Å². The first-order valence-electron chi connectivity index (χ1n) is 12.2. The minimum atomic E-state index is -0.238. The normalized spacial score (nSPS) is 13.9. The van der Waals surface area contributed by atoms with Crippen LogP contribution in [0.25, 0.3) is 10.9 Å². The van der Waals surface area contributed by atoms with Crippen LogP contribution in [-0.2, 0) is 11.3 Å². The number of piperazine rings is 1. The van der Waals surface area contributed by atoms with E-state index in [4.69, 9.17) is 4.74 Å². The lowest BCUT2D eigenvalue weighted by Gasteiger charge is -2.32. The van der Waals surface area contributed by atoms with Gasteiger partial charge in [0.25, 0.3) is 11.5 Å². The van der Waals surface area contributed by atoms with Gasteiger partial charge in [-0.3, -0.25) is 19.0 Å². The van der Waals surface area contributed by atoms with Crippen molar-refractivity contribution in [1.82, 2.24) is 19.4 Å².